The molecule has 0 bridgehead atoms. The Morgan fingerprint density at radius 3 is 2.47 bits per heavy atom. The van der Waals surface area contributed by atoms with Crippen LogP contribution in [0.5, 0.6) is 0 Å². The maximum absolute atomic E-state index is 13.9. The smallest absolute Gasteiger partial charge is 0.244 e. The van der Waals surface area contributed by atoms with Crippen molar-refractivity contribution >= 4 is 21.4 Å². The molecule has 180 valence electrons. The molecule has 0 spiro atoms. The van der Waals surface area contributed by atoms with Crippen LogP contribution in [0.4, 0.5) is 0 Å². The molecule has 7 nitrogen and oxygen atoms in total. The Morgan fingerprint density at radius 1 is 1.03 bits per heavy atom. The van der Waals surface area contributed by atoms with Crippen molar-refractivity contribution in [2.75, 3.05) is 26.2 Å². The molecular formula is C26H32N4O3S. The van der Waals surface area contributed by atoms with Crippen LogP contribution in [0.2, 0.25) is 0 Å². The lowest BCUT2D eigenvalue weighted by Crippen LogP contribution is -2.57. The van der Waals surface area contributed by atoms with Gasteiger partial charge in [-0.1, -0.05) is 31.0 Å². The van der Waals surface area contributed by atoms with Gasteiger partial charge in [0.1, 0.15) is 5.65 Å². The number of benzene rings is 1. The van der Waals surface area contributed by atoms with Gasteiger partial charge in [0.15, 0.2) is 14.6 Å². The fraction of sp³-hybridized carbons (Fsp3) is 0.462. The first-order valence-electron chi connectivity index (χ1n) is 12.1. The highest BCUT2D eigenvalue weighted by Crippen LogP contribution is 2.43. The van der Waals surface area contributed by atoms with E-state index in [9.17, 15) is 13.2 Å². The molecule has 2 aromatic heterocycles. The van der Waals surface area contributed by atoms with Crippen LogP contribution in [0.1, 0.15) is 42.5 Å². The molecule has 1 saturated carbocycles. The van der Waals surface area contributed by atoms with Crippen LogP contribution in [0.3, 0.4) is 0 Å². The number of pyridine rings is 1. The molecule has 1 aliphatic heterocycles. The lowest BCUT2D eigenvalue weighted by atomic mass is 10.0. The number of hydrogen-bond donors (Lipinski definition) is 0. The van der Waals surface area contributed by atoms with Crippen LogP contribution < -0.4 is 0 Å². The number of sulfone groups is 1. The third kappa shape index (κ3) is 3.92. The molecule has 3 heterocycles. The summed E-state index contributed by atoms with van der Waals surface area (Å²) in [6.45, 7) is 6.92. The maximum atomic E-state index is 13.9. The summed E-state index contributed by atoms with van der Waals surface area (Å²) < 4.78 is 28.5. The Bertz CT molecular complexity index is 1280. The second-order valence-corrected chi connectivity index (χ2v) is 12.0. The van der Waals surface area contributed by atoms with Gasteiger partial charge in [-0.3, -0.25) is 9.69 Å². The lowest BCUT2D eigenvalue weighted by molar-refractivity contribution is -0.135. The summed E-state index contributed by atoms with van der Waals surface area (Å²) in [4.78, 5) is 22.9. The van der Waals surface area contributed by atoms with E-state index in [0.717, 1.165) is 36.3 Å². The van der Waals surface area contributed by atoms with Crippen molar-refractivity contribution in [2.45, 2.75) is 55.7 Å². The van der Waals surface area contributed by atoms with Crippen molar-refractivity contribution in [3.63, 3.8) is 0 Å². The number of piperazine rings is 1. The predicted octanol–water partition coefficient (Wildman–Crippen LogP) is 3.38. The van der Waals surface area contributed by atoms with Crippen molar-refractivity contribution < 1.29 is 13.2 Å². The van der Waals surface area contributed by atoms with Gasteiger partial charge in [-0.2, -0.15) is 0 Å². The monoisotopic (exact) mass is 480 g/mol. The first-order chi connectivity index (χ1) is 16.3. The number of imidazole rings is 1. The van der Waals surface area contributed by atoms with Gasteiger partial charge in [0.25, 0.3) is 0 Å². The Balaban J connectivity index is 1.32. The summed E-state index contributed by atoms with van der Waals surface area (Å²) >= 11 is 0. The van der Waals surface area contributed by atoms with Crippen molar-refractivity contribution in [2.24, 2.45) is 0 Å². The number of nitrogens with zero attached hydrogens (tertiary/aromatic N) is 4. The molecule has 1 aliphatic carbocycles. The van der Waals surface area contributed by atoms with Gasteiger partial charge in [0, 0.05) is 45.1 Å². The molecule has 0 atom stereocenters. The zero-order valence-electron chi connectivity index (χ0n) is 19.9. The normalized spacial score (nSPS) is 19.1. The van der Waals surface area contributed by atoms with Crippen molar-refractivity contribution in [3.8, 4) is 0 Å². The van der Waals surface area contributed by atoms with Gasteiger partial charge in [0.2, 0.25) is 5.91 Å². The number of rotatable bonds is 5. The number of aryl methyl sites for hydroxylation is 2. The Morgan fingerprint density at radius 2 is 1.76 bits per heavy atom. The lowest BCUT2D eigenvalue weighted by Gasteiger charge is -2.39. The van der Waals surface area contributed by atoms with E-state index in [0.29, 0.717) is 49.5 Å². The van der Waals surface area contributed by atoms with Crippen molar-refractivity contribution in [3.05, 3.63) is 65.6 Å². The van der Waals surface area contributed by atoms with Crippen LogP contribution in [-0.2, 0) is 21.2 Å². The van der Waals surface area contributed by atoms with E-state index in [1.54, 1.807) is 11.0 Å². The van der Waals surface area contributed by atoms with Crippen LogP contribution in [0, 0.1) is 13.8 Å². The number of carbonyl (C=O) groups excluding carboxylic acids is 1. The van der Waals surface area contributed by atoms with Crippen LogP contribution >= 0.6 is 0 Å². The molecule has 34 heavy (non-hydrogen) atoms. The molecule has 0 radical (unpaired) electrons. The predicted molar refractivity (Wildman–Crippen MR) is 131 cm³/mol. The van der Waals surface area contributed by atoms with Crippen LogP contribution in [0.15, 0.2) is 53.7 Å². The van der Waals surface area contributed by atoms with Crippen molar-refractivity contribution in [1.82, 2.24) is 19.2 Å². The maximum Gasteiger partial charge on any atom is 0.244 e. The SMILES string of the molecule is Cc1ccc(C)c(S(=O)(=O)C2(C(=O)N3CCN(Cc4cn5ccccc5n4)CC3)CCCC2)c1. The summed E-state index contributed by atoms with van der Waals surface area (Å²) in [6.07, 6.45) is 6.37. The quantitative estimate of drug-likeness (QED) is 0.560. The molecule has 2 aliphatic rings. The Kier molecular flexibility index (Phi) is 5.98. The van der Waals surface area contributed by atoms with Gasteiger partial charge in [0.05, 0.1) is 10.6 Å². The average molecular weight is 481 g/mol. The van der Waals surface area contributed by atoms with Gasteiger partial charge in [-0.05, 0) is 56.0 Å². The van der Waals surface area contributed by atoms with Crippen LogP contribution in [0.25, 0.3) is 5.65 Å². The van der Waals surface area contributed by atoms with E-state index in [1.165, 1.54) is 0 Å². The van der Waals surface area contributed by atoms with E-state index in [4.69, 9.17) is 0 Å². The number of hydrogen-bond acceptors (Lipinski definition) is 5. The highest BCUT2D eigenvalue weighted by molar-refractivity contribution is 7.93. The molecular weight excluding hydrogens is 448 g/mol. The summed E-state index contributed by atoms with van der Waals surface area (Å²) in [5, 5.41) is 0. The number of aromatic nitrogens is 2. The number of amides is 1. The van der Waals surface area contributed by atoms with E-state index < -0.39 is 14.6 Å². The van der Waals surface area contributed by atoms with E-state index in [-0.39, 0.29) is 5.91 Å². The minimum atomic E-state index is -3.80. The summed E-state index contributed by atoms with van der Waals surface area (Å²) in [5.74, 6) is -0.210. The van der Waals surface area contributed by atoms with Gasteiger partial charge >= 0.3 is 0 Å². The minimum Gasteiger partial charge on any atom is -0.339 e. The van der Waals surface area contributed by atoms with Crippen LogP contribution in [-0.4, -0.2) is 64.4 Å². The Labute approximate surface area is 201 Å². The molecule has 2 fully saturated rings. The molecule has 5 rings (SSSR count). The third-order valence-corrected chi connectivity index (χ3v) is 10.0. The number of fused-ring (bicyclic) bond motifs is 1. The number of carbonyl (C=O) groups is 1. The third-order valence-electron chi connectivity index (χ3n) is 7.41. The summed E-state index contributed by atoms with van der Waals surface area (Å²) in [5.41, 5.74) is 3.52. The highest BCUT2D eigenvalue weighted by Gasteiger charge is 2.55. The molecule has 0 unspecified atom stereocenters. The molecule has 1 aromatic carbocycles. The van der Waals surface area contributed by atoms with Gasteiger partial charge < -0.3 is 9.30 Å². The Hall–Kier alpha value is -2.71. The van der Waals surface area contributed by atoms with E-state index in [2.05, 4.69) is 9.88 Å². The topological polar surface area (TPSA) is 75.0 Å². The molecule has 8 heteroatoms. The van der Waals surface area contributed by atoms with E-state index in [1.807, 2.05) is 61.0 Å². The summed E-state index contributed by atoms with van der Waals surface area (Å²) in [6, 6.07) is 11.4. The second kappa shape index (κ2) is 8.82. The zero-order chi connectivity index (χ0) is 23.9. The van der Waals surface area contributed by atoms with E-state index >= 15 is 0 Å². The molecule has 1 amide bonds. The first-order valence-corrected chi connectivity index (χ1v) is 13.5. The standard InChI is InChI=1S/C26H32N4O3S/c1-20-8-9-21(2)23(17-20)34(32,33)26(10-4-5-11-26)25(31)29-15-13-28(14-16-29)18-22-19-30-12-6-3-7-24(30)27-22/h3,6-9,12,17,19H,4-5,10-11,13-16,18H2,1-2H3. The fourth-order valence-corrected chi connectivity index (χ4v) is 7.88. The summed E-state index contributed by atoms with van der Waals surface area (Å²) in [7, 11) is -3.80. The zero-order valence-corrected chi connectivity index (χ0v) is 20.7. The average Bonchev–Trinajstić information content (AvgIpc) is 3.48. The molecule has 3 aromatic rings. The van der Waals surface area contributed by atoms with Gasteiger partial charge in [-0.15, -0.1) is 0 Å². The first kappa shape index (κ1) is 23.1. The van der Waals surface area contributed by atoms with Gasteiger partial charge in [-0.25, -0.2) is 13.4 Å². The van der Waals surface area contributed by atoms with Crippen molar-refractivity contribution in [1.29, 1.82) is 0 Å². The highest BCUT2D eigenvalue weighted by atomic mass is 32.2. The minimum absolute atomic E-state index is 0.210. The molecule has 0 N–H and O–H groups in total. The molecule has 1 saturated heterocycles. The second-order valence-electron chi connectivity index (χ2n) is 9.74. The fourth-order valence-electron chi connectivity index (χ4n) is 5.44. The largest absolute Gasteiger partial charge is 0.339 e.